The van der Waals surface area contributed by atoms with E-state index in [2.05, 4.69) is 25.6 Å². The van der Waals surface area contributed by atoms with Crippen LogP contribution in [-0.2, 0) is 28.0 Å². The number of hydrogen-bond donors (Lipinski definition) is 0. The van der Waals surface area contributed by atoms with Gasteiger partial charge in [-0.05, 0) is 77.2 Å². The van der Waals surface area contributed by atoms with E-state index in [4.69, 9.17) is 33.0 Å². The number of ether oxygens (including phenoxy) is 1. The van der Waals surface area contributed by atoms with E-state index in [1.54, 1.807) is 59.0 Å². The van der Waals surface area contributed by atoms with E-state index in [1.165, 1.54) is 19.1 Å². The number of hydrazone groups is 1. The molecule has 1 amide bonds. The molecule has 266 valence electrons. The molecule has 7 aromatic rings. The molecule has 0 radical (unpaired) electrons. The Morgan fingerprint density at radius 1 is 0.887 bits per heavy atom. The molecule has 12 nitrogen and oxygen atoms in total. The highest BCUT2D eigenvalue weighted by atomic mass is 35.5. The van der Waals surface area contributed by atoms with Crippen LogP contribution in [0.15, 0.2) is 109 Å². The number of tetrazole rings is 1. The fraction of sp³-hybridized carbons (Fsp3) is 0.139. The number of carbonyl (C=O) groups is 1. The van der Waals surface area contributed by atoms with Crippen LogP contribution in [0.1, 0.15) is 25.0 Å². The minimum atomic E-state index is -4.52. The van der Waals surface area contributed by atoms with Gasteiger partial charge < -0.3 is 9.30 Å². The normalized spacial score (nSPS) is 15.9. The molecule has 1 atom stereocenters. The topological polar surface area (TPSA) is 121 Å². The molecule has 5 heterocycles. The van der Waals surface area contributed by atoms with Crippen molar-refractivity contribution in [1.29, 1.82) is 0 Å². The van der Waals surface area contributed by atoms with Gasteiger partial charge in [-0.15, -0.1) is 10.2 Å². The minimum absolute atomic E-state index is 0.0427. The van der Waals surface area contributed by atoms with Crippen LogP contribution in [0.3, 0.4) is 0 Å². The Kier molecular flexibility index (Phi) is 8.26. The second-order valence-corrected chi connectivity index (χ2v) is 13.1. The first kappa shape index (κ1) is 34.0. The molecule has 0 spiro atoms. The first-order valence-corrected chi connectivity index (χ1v) is 16.7. The Bertz CT molecular complexity index is 2530. The Morgan fingerprint density at radius 3 is 2.30 bits per heavy atom. The molecule has 0 fully saturated rings. The summed E-state index contributed by atoms with van der Waals surface area (Å²) < 4.78 is 51.4. The first-order chi connectivity index (χ1) is 25.4. The lowest BCUT2D eigenvalue weighted by Gasteiger charge is -2.31. The van der Waals surface area contributed by atoms with Gasteiger partial charge in [0.25, 0.3) is 0 Å². The summed E-state index contributed by atoms with van der Waals surface area (Å²) in [5.74, 6) is 0.0885. The standard InChI is InChI=1S/C36H25Cl2F3N10O2/c1-21(52)51-35(2,22-3-5-23(6-4-22)36(39,40)41)53-32(44-51)20-48-18-29(28-17-25(38)9-12-31(28)48)33-30(19-49(45-33)26-13-15-42-16-14-26)34-43-46-47-50(34)27-10-7-24(37)8-11-27/h3-19H,20H2,1-2H3. The van der Waals surface area contributed by atoms with E-state index in [0.29, 0.717) is 43.9 Å². The molecule has 1 unspecified atom stereocenters. The third-order valence-electron chi connectivity index (χ3n) is 8.81. The fourth-order valence-electron chi connectivity index (χ4n) is 6.30. The van der Waals surface area contributed by atoms with Gasteiger partial charge in [0.05, 0.1) is 22.5 Å². The summed E-state index contributed by atoms with van der Waals surface area (Å²) in [6, 6.07) is 20.5. The number of fused-ring (bicyclic) bond motifs is 1. The largest absolute Gasteiger partial charge is 0.446 e. The van der Waals surface area contributed by atoms with Gasteiger partial charge in [-0.25, -0.2) is 4.68 Å². The first-order valence-electron chi connectivity index (χ1n) is 16.0. The lowest BCUT2D eigenvalue weighted by atomic mass is 10.0. The van der Waals surface area contributed by atoms with Gasteiger partial charge in [0, 0.05) is 70.7 Å². The summed E-state index contributed by atoms with van der Waals surface area (Å²) in [7, 11) is 0. The van der Waals surface area contributed by atoms with Gasteiger partial charge in [0.1, 0.15) is 12.2 Å². The number of benzene rings is 3. The molecule has 4 aromatic heterocycles. The minimum Gasteiger partial charge on any atom is -0.446 e. The maximum Gasteiger partial charge on any atom is 0.416 e. The van der Waals surface area contributed by atoms with Crippen molar-refractivity contribution in [3.05, 3.63) is 125 Å². The van der Waals surface area contributed by atoms with Crippen LogP contribution in [0.25, 0.3) is 44.9 Å². The van der Waals surface area contributed by atoms with Crippen LogP contribution < -0.4 is 0 Å². The zero-order valence-electron chi connectivity index (χ0n) is 27.7. The van der Waals surface area contributed by atoms with Gasteiger partial charge in [-0.3, -0.25) is 9.78 Å². The second kappa shape index (κ2) is 12.9. The lowest BCUT2D eigenvalue weighted by molar-refractivity contribution is -0.146. The summed E-state index contributed by atoms with van der Waals surface area (Å²) in [4.78, 5) is 16.9. The van der Waals surface area contributed by atoms with E-state index >= 15 is 0 Å². The lowest BCUT2D eigenvalue weighted by Crippen LogP contribution is -2.41. The number of nitrogens with zero attached hydrogens (tertiary/aromatic N) is 10. The number of halogens is 5. The third kappa shape index (κ3) is 6.17. The van der Waals surface area contributed by atoms with Crippen molar-refractivity contribution in [2.45, 2.75) is 32.3 Å². The van der Waals surface area contributed by atoms with Crippen molar-refractivity contribution >= 4 is 45.9 Å². The van der Waals surface area contributed by atoms with Crippen molar-refractivity contribution in [2.75, 3.05) is 0 Å². The van der Waals surface area contributed by atoms with Crippen molar-refractivity contribution < 1.29 is 22.7 Å². The number of aromatic nitrogens is 8. The highest BCUT2D eigenvalue weighted by Crippen LogP contribution is 2.40. The van der Waals surface area contributed by atoms with Gasteiger partial charge in [-0.2, -0.15) is 28.0 Å². The SMILES string of the molecule is CC(=O)N1N=C(Cn2cc(-c3nn(-c4ccncc4)cc3-c3nnnn3-c3ccc(Cl)cc3)c3cc(Cl)ccc32)OC1(C)c1ccc(C(F)(F)F)cc1. The number of carbonyl (C=O) groups excluding carboxylic acids is 1. The Hall–Kier alpha value is -6.06. The number of rotatable bonds is 7. The van der Waals surface area contributed by atoms with E-state index in [0.717, 1.165) is 33.7 Å². The van der Waals surface area contributed by atoms with Crippen molar-refractivity contribution in [1.82, 2.24) is 44.5 Å². The third-order valence-corrected chi connectivity index (χ3v) is 9.29. The summed E-state index contributed by atoms with van der Waals surface area (Å²) >= 11 is 12.7. The van der Waals surface area contributed by atoms with E-state index in [9.17, 15) is 18.0 Å². The fourth-order valence-corrected chi connectivity index (χ4v) is 6.59. The number of amides is 1. The van der Waals surface area contributed by atoms with Gasteiger partial charge in [0.2, 0.25) is 17.5 Å². The molecule has 1 aliphatic heterocycles. The number of alkyl halides is 3. The quantitative estimate of drug-likeness (QED) is 0.162. The van der Waals surface area contributed by atoms with Crippen molar-refractivity contribution in [3.63, 3.8) is 0 Å². The number of hydrogen-bond acceptors (Lipinski definition) is 8. The molecule has 0 bridgehead atoms. The predicted octanol–water partition coefficient (Wildman–Crippen LogP) is 7.92. The average molecular weight is 758 g/mol. The monoisotopic (exact) mass is 756 g/mol. The number of pyridine rings is 1. The second-order valence-electron chi connectivity index (χ2n) is 12.2. The van der Waals surface area contributed by atoms with Crippen LogP contribution in [0.4, 0.5) is 13.2 Å². The van der Waals surface area contributed by atoms with Crippen LogP contribution >= 0.6 is 23.2 Å². The van der Waals surface area contributed by atoms with Crippen molar-refractivity contribution in [2.24, 2.45) is 5.10 Å². The van der Waals surface area contributed by atoms with Gasteiger partial charge in [0.15, 0.2) is 5.82 Å². The average Bonchev–Trinajstić information content (AvgIpc) is 3.93. The molecule has 17 heteroatoms. The summed E-state index contributed by atoms with van der Waals surface area (Å²) in [6.45, 7) is 2.93. The maximum absolute atomic E-state index is 13.3. The Morgan fingerprint density at radius 2 is 1.60 bits per heavy atom. The molecule has 0 aliphatic carbocycles. The smallest absolute Gasteiger partial charge is 0.416 e. The van der Waals surface area contributed by atoms with Gasteiger partial charge in [-0.1, -0.05) is 35.3 Å². The molecule has 8 rings (SSSR count). The van der Waals surface area contributed by atoms with E-state index in [-0.39, 0.29) is 12.4 Å². The summed E-state index contributed by atoms with van der Waals surface area (Å²) in [5.41, 5.74) is 1.91. The molecule has 3 aromatic carbocycles. The summed E-state index contributed by atoms with van der Waals surface area (Å²) in [5, 5.41) is 25.0. The van der Waals surface area contributed by atoms with Crippen LogP contribution in [-0.4, -0.2) is 56.4 Å². The van der Waals surface area contributed by atoms with E-state index < -0.39 is 23.4 Å². The Labute approximate surface area is 308 Å². The van der Waals surface area contributed by atoms with Crippen LogP contribution in [0.5, 0.6) is 0 Å². The predicted molar refractivity (Wildman–Crippen MR) is 190 cm³/mol. The van der Waals surface area contributed by atoms with Crippen LogP contribution in [0, 0.1) is 0 Å². The zero-order valence-corrected chi connectivity index (χ0v) is 29.2. The Balaban J connectivity index is 1.23. The summed E-state index contributed by atoms with van der Waals surface area (Å²) in [6.07, 6.45) is 2.47. The maximum atomic E-state index is 13.3. The van der Waals surface area contributed by atoms with Gasteiger partial charge >= 0.3 is 6.18 Å². The van der Waals surface area contributed by atoms with Crippen LogP contribution in [0.2, 0.25) is 10.0 Å². The zero-order chi connectivity index (χ0) is 37.1. The molecule has 1 aliphatic rings. The molecular formula is C36H25Cl2F3N10O2. The van der Waals surface area contributed by atoms with E-state index in [1.807, 2.05) is 41.2 Å². The highest BCUT2D eigenvalue weighted by molar-refractivity contribution is 6.31. The van der Waals surface area contributed by atoms with Crippen molar-refractivity contribution in [3.8, 4) is 34.0 Å². The molecule has 0 N–H and O–H groups in total. The highest BCUT2D eigenvalue weighted by Gasteiger charge is 2.45. The molecule has 53 heavy (non-hydrogen) atoms. The molecule has 0 saturated carbocycles. The molecule has 0 saturated heterocycles. The molecular weight excluding hydrogens is 732 g/mol.